The number of ether oxygens (including phenoxy) is 2. The van der Waals surface area contributed by atoms with E-state index in [1.165, 1.54) is 37.8 Å². The highest BCUT2D eigenvalue weighted by atomic mass is 16.5. The molecule has 1 aromatic rings. The van der Waals surface area contributed by atoms with E-state index in [0.29, 0.717) is 41.6 Å². The molecule has 0 unspecified atom stereocenters. The van der Waals surface area contributed by atoms with E-state index in [4.69, 9.17) is 9.47 Å². The topological polar surface area (TPSA) is 62.3 Å². The van der Waals surface area contributed by atoms with Crippen molar-refractivity contribution in [2.24, 2.45) is 17.8 Å². The number of nitrogens with zero attached hydrogens (tertiary/aromatic N) is 3. The van der Waals surface area contributed by atoms with Gasteiger partial charge in [0.25, 0.3) is 0 Å². The molecule has 4 heterocycles. The van der Waals surface area contributed by atoms with Gasteiger partial charge in [0.15, 0.2) is 0 Å². The first-order valence-corrected chi connectivity index (χ1v) is 13.3. The van der Waals surface area contributed by atoms with Gasteiger partial charge >= 0.3 is 0 Å². The lowest BCUT2D eigenvalue weighted by Crippen LogP contribution is -2.60. The van der Waals surface area contributed by atoms with Gasteiger partial charge in [-0.05, 0) is 62.6 Å². The standard InChI is InChI=1S/C28H37N3O4/c1-34-22-8-9-24(25(15-22)35-2)31-17-21(14-26(31)32)28(33)30-11-5-6-18-12-19-13-20(27(18)30)16-29-10-4-3-7-23(19)29/h8-9,12,15,19-21,23,27H,3-7,10-11,13-14,16-17H2,1-2H3/t19-,20+,21+,23-,27-/m0/s1. The van der Waals surface area contributed by atoms with E-state index in [9.17, 15) is 9.59 Å². The van der Waals surface area contributed by atoms with Gasteiger partial charge in [-0.1, -0.05) is 18.1 Å². The summed E-state index contributed by atoms with van der Waals surface area (Å²) in [7, 11) is 3.20. The van der Waals surface area contributed by atoms with Crippen LogP contribution in [-0.2, 0) is 9.59 Å². The third kappa shape index (κ3) is 3.92. The van der Waals surface area contributed by atoms with Crippen molar-refractivity contribution in [3.63, 3.8) is 0 Å². The third-order valence-corrected chi connectivity index (χ3v) is 9.09. The molecule has 4 aliphatic heterocycles. The maximum absolute atomic E-state index is 13.9. The second-order valence-electron chi connectivity index (χ2n) is 11.0. The summed E-state index contributed by atoms with van der Waals surface area (Å²) in [5.41, 5.74) is 2.20. The Bertz CT molecular complexity index is 1040. The van der Waals surface area contributed by atoms with Gasteiger partial charge in [0.05, 0.1) is 31.9 Å². The first-order valence-electron chi connectivity index (χ1n) is 13.3. The summed E-state index contributed by atoms with van der Waals surface area (Å²) in [5.74, 6) is 2.27. The summed E-state index contributed by atoms with van der Waals surface area (Å²) in [4.78, 5) is 33.6. The molecule has 0 radical (unpaired) electrons. The van der Waals surface area contributed by atoms with Crippen molar-refractivity contribution in [3.05, 3.63) is 29.8 Å². The number of anilines is 1. The molecule has 7 heteroatoms. The van der Waals surface area contributed by atoms with E-state index >= 15 is 0 Å². The van der Waals surface area contributed by atoms with Crippen LogP contribution in [0.3, 0.4) is 0 Å². The zero-order chi connectivity index (χ0) is 24.1. The van der Waals surface area contributed by atoms with E-state index in [0.717, 1.165) is 25.9 Å². The van der Waals surface area contributed by atoms with Crippen molar-refractivity contribution in [2.75, 3.05) is 45.3 Å². The number of amides is 2. The molecule has 0 spiro atoms. The molecule has 4 saturated heterocycles. The van der Waals surface area contributed by atoms with Crippen LogP contribution in [0.15, 0.2) is 29.8 Å². The lowest BCUT2D eigenvalue weighted by atomic mass is 9.68. The molecule has 7 nitrogen and oxygen atoms in total. The minimum absolute atomic E-state index is 0.0166. The van der Waals surface area contributed by atoms with Gasteiger partial charge in [-0.15, -0.1) is 0 Å². The number of rotatable bonds is 4. The monoisotopic (exact) mass is 479 g/mol. The van der Waals surface area contributed by atoms with Crippen LogP contribution in [0.4, 0.5) is 5.69 Å². The van der Waals surface area contributed by atoms with Crippen molar-refractivity contribution in [2.45, 2.75) is 57.0 Å². The third-order valence-electron chi connectivity index (χ3n) is 9.09. The molecule has 188 valence electrons. The Morgan fingerprint density at radius 1 is 1.06 bits per heavy atom. The van der Waals surface area contributed by atoms with Crippen molar-refractivity contribution in [1.29, 1.82) is 0 Å². The Morgan fingerprint density at radius 2 is 1.94 bits per heavy atom. The average Bonchev–Trinajstić information content (AvgIpc) is 3.28. The maximum Gasteiger partial charge on any atom is 0.228 e. The fourth-order valence-electron chi connectivity index (χ4n) is 7.57. The summed E-state index contributed by atoms with van der Waals surface area (Å²) in [5, 5.41) is 0. The van der Waals surface area contributed by atoms with Gasteiger partial charge in [-0.3, -0.25) is 14.5 Å². The van der Waals surface area contributed by atoms with Crippen LogP contribution in [0, 0.1) is 17.8 Å². The molecule has 0 N–H and O–H groups in total. The molecule has 0 saturated carbocycles. The Hall–Kier alpha value is -2.54. The molecule has 0 aromatic heterocycles. The lowest BCUT2D eigenvalue weighted by molar-refractivity contribution is -0.140. The van der Waals surface area contributed by atoms with Crippen LogP contribution in [0.5, 0.6) is 11.5 Å². The first-order chi connectivity index (χ1) is 17.1. The molecule has 1 aromatic carbocycles. The molecular weight excluding hydrogens is 442 g/mol. The van der Waals surface area contributed by atoms with Crippen molar-refractivity contribution >= 4 is 17.5 Å². The smallest absolute Gasteiger partial charge is 0.228 e. The van der Waals surface area contributed by atoms with Gasteiger partial charge in [0, 0.05) is 38.2 Å². The highest BCUT2D eigenvalue weighted by Crippen LogP contribution is 2.46. The van der Waals surface area contributed by atoms with E-state index in [2.05, 4.69) is 15.9 Å². The quantitative estimate of drug-likeness (QED) is 0.619. The van der Waals surface area contributed by atoms with Crippen LogP contribution >= 0.6 is 0 Å². The van der Waals surface area contributed by atoms with Gasteiger partial charge in [0.1, 0.15) is 11.5 Å². The number of hydrogen-bond donors (Lipinski definition) is 0. The largest absolute Gasteiger partial charge is 0.497 e. The molecule has 5 aliphatic rings. The predicted octanol–water partition coefficient (Wildman–Crippen LogP) is 3.48. The zero-order valence-corrected chi connectivity index (χ0v) is 20.9. The summed E-state index contributed by atoms with van der Waals surface area (Å²) in [6, 6.07) is 6.39. The van der Waals surface area contributed by atoms with E-state index < -0.39 is 0 Å². The second kappa shape index (κ2) is 9.16. The Morgan fingerprint density at radius 3 is 2.77 bits per heavy atom. The fraction of sp³-hybridized carbons (Fsp3) is 0.643. The van der Waals surface area contributed by atoms with Crippen molar-refractivity contribution in [1.82, 2.24) is 9.80 Å². The van der Waals surface area contributed by atoms with Gasteiger partial charge < -0.3 is 19.3 Å². The van der Waals surface area contributed by atoms with E-state index in [1.807, 2.05) is 12.1 Å². The summed E-state index contributed by atoms with van der Waals surface area (Å²) in [6.45, 7) is 3.54. The number of likely N-dealkylation sites (tertiary alicyclic amines) is 1. The number of carbonyl (C=O) groups excluding carboxylic acids is 2. The van der Waals surface area contributed by atoms with Crippen LogP contribution < -0.4 is 14.4 Å². The molecule has 1 aliphatic carbocycles. The van der Waals surface area contributed by atoms with Gasteiger partial charge in [-0.25, -0.2) is 0 Å². The normalized spacial score (nSPS) is 32.6. The molecular formula is C28H37N3O4. The molecule has 2 bridgehead atoms. The SMILES string of the molecule is COc1ccc(N2C[C@H](C(=O)N3CCCC4=C[C@H]5C[C@H](CN6CCCC[C@@H]56)[C@H]43)CC2=O)c(OC)c1. The first kappa shape index (κ1) is 22.9. The summed E-state index contributed by atoms with van der Waals surface area (Å²) < 4.78 is 10.8. The molecule has 2 amide bonds. The number of benzene rings is 1. The highest BCUT2D eigenvalue weighted by Gasteiger charge is 2.48. The Kier molecular flexibility index (Phi) is 5.99. The van der Waals surface area contributed by atoms with Crippen LogP contribution in [0.25, 0.3) is 0 Å². The van der Waals surface area contributed by atoms with Gasteiger partial charge in [-0.2, -0.15) is 0 Å². The lowest BCUT2D eigenvalue weighted by Gasteiger charge is -2.55. The second-order valence-corrected chi connectivity index (χ2v) is 11.0. The summed E-state index contributed by atoms with van der Waals surface area (Å²) in [6.07, 6.45) is 10.1. The number of carbonyl (C=O) groups is 2. The number of methoxy groups -OCH3 is 2. The van der Waals surface area contributed by atoms with E-state index in [-0.39, 0.29) is 30.2 Å². The molecule has 35 heavy (non-hydrogen) atoms. The average molecular weight is 480 g/mol. The number of hydrogen-bond acceptors (Lipinski definition) is 5. The minimum atomic E-state index is -0.308. The minimum Gasteiger partial charge on any atom is -0.497 e. The number of fused-ring (bicyclic) bond motifs is 6. The van der Waals surface area contributed by atoms with E-state index in [1.54, 1.807) is 25.2 Å². The van der Waals surface area contributed by atoms with Crippen LogP contribution in [0.2, 0.25) is 0 Å². The van der Waals surface area contributed by atoms with Crippen LogP contribution in [-0.4, -0.2) is 74.1 Å². The maximum atomic E-state index is 13.9. The fourth-order valence-corrected chi connectivity index (χ4v) is 7.57. The zero-order valence-electron chi connectivity index (χ0n) is 20.9. The highest BCUT2D eigenvalue weighted by molar-refractivity contribution is 6.01. The van der Waals surface area contributed by atoms with Crippen molar-refractivity contribution in [3.8, 4) is 11.5 Å². The molecule has 4 fully saturated rings. The Balaban J connectivity index is 1.22. The Labute approximate surface area is 208 Å². The van der Waals surface area contributed by atoms with Gasteiger partial charge in [0.2, 0.25) is 11.8 Å². The molecule has 6 rings (SSSR count). The summed E-state index contributed by atoms with van der Waals surface area (Å²) >= 11 is 0. The van der Waals surface area contributed by atoms with Crippen LogP contribution in [0.1, 0.15) is 44.9 Å². The predicted molar refractivity (Wildman–Crippen MR) is 134 cm³/mol. The number of piperidine rings is 3. The molecule has 5 atom stereocenters. The van der Waals surface area contributed by atoms with Crippen molar-refractivity contribution < 1.29 is 19.1 Å².